The highest BCUT2D eigenvalue weighted by Gasteiger charge is 2.29. The van der Waals surface area contributed by atoms with E-state index in [0.717, 1.165) is 30.8 Å². The van der Waals surface area contributed by atoms with Gasteiger partial charge in [-0.05, 0) is 12.8 Å². The third-order valence-corrected chi connectivity index (χ3v) is 4.17. The molecule has 1 aromatic heterocycles. The average molecular weight is 269 g/mol. The maximum atomic E-state index is 11.9. The van der Waals surface area contributed by atoms with E-state index in [0.29, 0.717) is 12.2 Å². The van der Waals surface area contributed by atoms with E-state index in [4.69, 9.17) is 0 Å². The van der Waals surface area contributed by atoms with Crippen LogP contribution in [0.25, 0.3) is 0 Å². The zero-order valence-electron chi connectivity index (χ0n) is 10.5. The first-order valence-corrected chi connectivity index (χ1v) is 7.15. The minimum Gasteiger partial charge on any atom is -0.388 e. The molecule has 0 saturated heterocycles. The van der Waals surface area contributed by atoms with Crippen LogP contribution in [-0.4, -0.2) is 35.2 Å². The van der Waals surface area contributed by atoms with Crippen LogP contribution in [-0.2, 0) is 0 Å². The lowest BCUT2D eigenvalue weighted by atomic mass is 9.85. The predicted octanol–water partition coefficient (Wildman–Crippen LogP) is 1.61. The van der Waals surface area contributed by atoms with Crippen LogP contribution in [0, 0.1) is 0 Å². The Morgan fingerprint density at radius 1 is 1.50 bits per heavy atom. The van der Waals surface area contributed by atoms with Gasteiger partial charge in [-0.2, -0.15) is 0 Å². The van der Waals surface area contributed by atoms with Crippen LogP contribution in [0.2, 0.25) is 0 Å². The van der Waals surface area contributed by atoms with Crippen LogP contribution in [0.5, 0.6) is 0 Å². The van der Waals surface area contributed by atoms with Gasteiger partial charge in [0.05, 0.1) is 5.60 Å². The van der Waals surface area contributed by atoms with Crippen LogP contribution in [0.15, 0.2) is 5.38 Å². The summed E-state index contributed by atoms with van der Waals surface area (Å²) >= 11 is 1.39. The molecule has 100 valence electrons. The molecule has 0 bridgehead atoms. The average Bonchev–Trinajstić information content (AvgIpc) is 2.86. The van der Waals surface area contributed by atoms with Gasteiger partial charge < -0.3 is 15.7 Å². The molecule has 1 aliphatic carbocycles. The quantitative estimate of drug-likeness (QED) is 0.776. The molecule has 2 rings (SSSR count). The second-order valence-electron chi connectivity index (χ2n) is 4.76. The Hall–Kier alpha value is -1.14. The standard InChI is InChI=1S/C12H19N3O2S/c1-13-11-15-9(7-18-11)10(16)14-8-12(17)5-3-2-4-6-12/h7,17H,2-6,8H2,1H3,(H,13,15)(H,14,16). The Morgan fingerprint density at radius 3 is 2.83 bits per heavy atom. The molecule has 1 aromatic rings. The van der Waals surface area contributed by atoms with Gasteiger partial charge in [0.1, 0.15) is 5.69 Å². The van der Waals surface area contributed by atoms with E-state index in [1.807, 2.05) is 0 Å². The van der Waals surface area contributed by atoms with E-state index in [-0.39, 0.29) is 5.91 Å². The molecular formula is C12H19N3O2S. The number of aromatic nitrogens is 1. The monoisotopic (exact) mass is 269 g/mol. The van der Waals surface area contributed by atoms with Gasteiger partial charge in [0.2, 0.25) is 0 Å². The summed E-state index contributed by atoms with van der Waals surface area (Å²) < 4.78 is 0. The van der Waals surface area contributed by atoms with Crippen LogP contribution in [0.1, 0.15) is 42.6 Å². The number of amides is 1. The first kappa shape index (κ1) is 13.3. The molecular weight excluding hydrogens is 250 g/mol. The van der Waals surface area contributed by atoms with Crippen LogP contribution >= 0.6 is 11.3 Å². The molecule has 18 heavy (non-hydrogen) atoms. The third-order valence-electron chi connectivity index (χ3n) is 3.31. The van der Waals surface area contributed by atoms with E-state index in [9.17, 15) is 9.90 Å². The van der Waals surface area contributed by atoms with Crippen molar-refractivity contribution in [2.45, 2.75) is 37.7 Å². The van der Waals surface area contributed by atoms with Crippen molar-refractivity contribution < 1.29 is 9.90 Å². The lowest BCUT2D eigenvalue weighted by Crippen LogP contribution is -2.44. The molecule has 1 aliphatic rings. The molecule has 6 heteroatoms. The van der Waals surface area contributed by atoms with Gasteiger partial charge in [-0.25, -0.2) is 4.98 Å². The molecule has 0 aliphatic heterocycles. The Balaban J connectivity index is 1.87. The summed E-state index contributed by atoms with van der Waals surface area (Å²) in [7, 11) is 1.77. The number of carbonyl (C=O) groups is 1. The summed E-state index contributed by atoms with van der Waals surface area (Å²) in [6.45, 7) is 0.318. The summed E-state index contributed by atoms with van der Waals surface area (Å²) in [5.41, 5.74) is -0.320. The van der Waals surface area contributed by atoms with E-state index in [2.05, 4.69) is 15.6 Å². The van der Waals surface area contributed by atoms with Gasteiger partial charge in [-0.15, -0.1) is 11.3 Å². The fourth-order valence-electron chi connectivity index (χ4n) is 2.21. The molecule has 5 nitrogen and oxygen atoms in total. The van der Waals surface area contributed by atoms with Crippen molar-refractivity contribution >= 4 is 22.4 Å². The summed E-state index contributed by atoms with van der Waals surface area (Å²) in [4.78, 5) is 16.0. The Bertz CT molecular complexity index is 413. The van der Waals surface area contributed by atoms with E-state index in [1.165, 1.54) is 17.8 Å². The van der Waals surface area contributed by atoms with Crippen molar-refractivity contribution in [1.29, 1.82) is 0 Å². The van der Waals surface area contributed by atoms with Crippen LogP contribution < -0.4 is 10.6 Å². The maximum Gasteiger partial charge on any atom is 0.270 e. The summed E-state index contributed by atoms with van der Waals surface area (Å²) in [5.74, 6) is -0.216. The molecule has 1 saturated carbocycles. The number of thiazole rings is 1. The van der Waals surface area contributed by atoms with Gasteiger partial charge in [0, 0.05) is 19.0 Å². The fraction of sp³-hybridized carbons (Fsp3) is 0.667. The minimum absolute atomic E-state index is 0.216. The molecule has 0 spiro atoms. The van der Waals surface area contributed by atoms with Crippen LogP contribution in [0.4, 0.5) is 5.13 Å². The number of hydrogen-bond donors (Lipinski definition) is 3. The van der Waals surface area contributed by atoms with Crippen molar-refractivity contribution in [3.8, 4) is 0 Å². The van der Waals surface area contributed by atoms with Gasteiger partial charge in [-0.3, -0.25) is 4.79 Å². The number of nitrogens with zero attached hydrogens (tertiary/aromatic N) is 1. The normalized spacial score (nSPS) is 18.3. The highest BCUT2D eigenvalue weighted by atomic mass is 32.1. The molecule has 1 amide bonds. The first-order valence-electron chi connectivity index (χ1n) is 6.27. The summed E-state index contributed by atoms with van der Waals surface area (Å²) in [6.07, 6.45) is 4.78. The van der Waals surface area contributed by atoms with Gasteiger partial charge in [0.15, 0.2) is 5.13 Å². The molecule has 3 N–H and O–H groups in total. The van der Waals surface area contributed by atoms with Crippen molar-refractivity contribution in [2.75, 3.05) is 18.9 Å². The molecule has 0 radical (unpaired) electrons. The molecule has 1 fully saturated rings. The van der Waals surface area contributed by atoms with Crippen LogP contribution in [0.3, 0.4) is 0 Å². The highest BCUT2D eigenvalue weighted by Crippen LogP contribution is 2.27. The molecule has 0 atom stereocenters. The first-order chi connectivity index (χ1) is 8.63. The smallest absolute Gasteiger partial charge is 0.270 e. The van der Waals surface area contributed by atoms with E-state index in [1.54, 1.807) is 12.4 Å². The van der Waals surface area contributed by atoms with Gasteiger partial charge in [-0.1, -0.05) is 19.3 Å². The third kappa shape index (κ3) is 3.20. The maximum absolute atomic E-state index is 11.9. The number of aliphatic hydroxyl groups is 1. The largest absolute Gasteiger partial charge is 0.388 e. The number of carbonyl (C=O) groups excluding carboxylic acids is 1. The second-order valence-corrected chi connectivity index (χ2v) is 5.61. The number of anilines is 1. The van der Waals surface area contributed by atoms with E-state index < -0.39 is 5.60 Å². The number of hydrogen-bond acceptors (Lipinski definition) is 5. The van der Waals surface area contributed by atoms with E-state index >= 15 is 0 Å². The zero-order chi connectivity index (χ0) is 13.0. The Kier molecular flexibility index (Phi) is 4.19. The predicted molar refractivity (Wildman–Crippen MR) is 72.0 cm³/mol. The highest BCUT2D eigenvalue weighted by molar-refractivity contribution is 7.13. The number of rotatable bonds is 4. The van der Waals surface area contributed by atoms with Crippen molar-refractivity contribution in [3.05, 3.63) is 11.1 Å². The number of nitrogens with one attached hydrogen (secondary N) is 2. The second kappa shape index (κ2) is 5.67. The van der Waals surface area contributed by atoms with Gasteiger partial charge in [0.25, 0.3) is 5.91 Å². The summed E-state index contributed by atoms with van der Waals surface area (Å²) in [5, 5.41) is 18.4. The molecule has 0 unspecified atom stereocenters. The lowest BCUT2D eigenvalue weighted by Gasteiger charge is -2.31. The van der Waals surface area contributed by atoms with Crippen molar-refractivity contribution in [1.82, 2.24) is 10.3 Å². The van der Waals surface area contributed by atoms with Crippen molar-refractivity contribution in [3.63, 3.8) is 0 Å². The Morgan fingerprint density at radius 2 is 2.22 bits per heavy atom. The SMILES string of the molecule is CNc1nc(C(=O)NCC2(O)CCCCC2)cs1. The Labute approximate surface area is 111 Å². The fourth-order valence-corrected chi connectivity index (χ4v) is 2.87. The lowest BCUT2D eigenvalue weighted by molar-refractivity contribution is 0.00522. The zero-order valence-corrected chi connectivity index (χ0v) is 11.3. The molecule has 0 aromatic carbocycles. The van der Waals surface area contributed by atoms with Crippen molar-refractivity contribution in [2.24, 2.45) is 0 Å². The minimum atomic E-state index is -0.726. The molecule has 1 heterocycles. The summed E-state index contributed by atoms with van der Waals surface area (Å²) in [6, 6.07) is 0. The van der Waals surface area contributed by atoms with Gasteiger partial charge >= 0.3 is 0 Å². The topological polar surface area (TPSA) is 74.2 Å².